The van der Waals surface area contributed by atoms with Crippen molar-refractivity contribution in [1.82, 2.24) is 10.2 Å². The fourth-order valence-electron chi connectivity index (χ4n) is 3.02. The van der Waals surface area contributed by atoms with Crippen molar-refractivity contribution in [3.8, 4) is 0 Å². The van der Waals surface area contributed by atoms with E-state index in [4.69, 9.17) is 0 Å². The molecule has 1 aliphatic heterocycles. The van der Waals surface area contributed by atoms with Crippen molar-refractivity contribution in [3.63, 3.8) is 0 Å². The smallest absolute Gasteiger partial charge is 0.0429 e. The van der Waals surface area contributed by atoms with Crippen LogP contribution in [0.15, 0.2) is 42.1 Å². The lowest BCUT2D eigenvalue weighted by Gasteiger charge is -2.31. The van der Waals surface area contributed by atoms with Gasteiger partial charge in [0, 0.05) is 31.8 Å². The predicted octanol–water partition coefficient (Wildman–Crippen LogP) is 3.00. The second-order valence-electron chi connectivity index (χ2n) is 5.63. The molecule has 0 spiro atoms. The van der Waals surface area contributed by atoms with Crippen LogP contribution in [-0.4, -0.2) is 18.5 Å². The third-order valence-electron chi connectivity index (χ3n) is 4.07. The Kier molecular flexibility index (Phi) is 3.43. The number of benzene rings is 1. The van der Waals surface area contributed by atoms with Crippen LogP contribution in [0, 0.1) is 0 Å². The summed E-state index contributed by atoms with van der Waals surface area (Å²) in [5.74, 6) is 0. The third-order valence-corrected chi connectivity index (χ3v) is 4.07. The van der Waals surface area contributed by atoms with Crippen LogP contribution in [0.1, 0.15) is 29.5 Å². The summed E-state index contributed by atoms with van der Waals surface area (Å²) in [6.45, 7) is 7.19. The Morgan fingerprint density at radius 2 is 2.16 bits per heavy atom. The second kappa shape index (κ2) is 5.22. The van der Waals surface area contributed by atoms with Crippen molar-refractivity contribution in [3.05, 3.63) is 58.8 Å². The van der Waals surface area contributed by atoms with Gasteiger partial charge >= 0.3 is 0 Å². The van der Waals surface area contributed by atoms with Gasteiger partial charge in [0.1, 0.15) is 0 Å². The molecule has 2 nitrogen and oxygen atoms in total. The van der Waals surface area contributed by atoms with Crippen LogP contribution < -0.4 is 5.32 Å². The maximum atomic E-state index is 4.00. The van der Waals surface area contributed by atoms with Gasteiger partial charge in [-0.3, -0.25) is 0 Å². The van der Waals surface area contributed by atoms with E-state index in [1.165, 1.54) is 47.3 Å². The van der Waals surface area contributed by atoms with E-state index in [1.807, 2.05) is 7.05 Å². The van der Waals surface area contributed by atoms with Gasteiger partial charge < -0.3 is 10.2 Å². The lowest BCUT2D eigenvalue weighted by molar-refractivity contribution is 0.326. The largest absolute Gasteiger partial charge is 0.370 e. The van der Waals surface area contributed by atoms with Gasteiger partial charge in [0.25, 0.3) is 0 Å². The molecule has 0 fully saturated rings. The van der Waals surface area contributed by atoms with E-state index in [0.717, 1.165) is 19.5 Å². The van der Waals surface area contributed by atoms with E-state index in [-0.39, 0.29) is 0 Å². The molecular formula is C17H22N2. The van der Waals surface area contributed by atoms with Gasteiger partial charge in [-0.1, -0.05) is 24.8 Å². The molecule has 1 heterocycles. The topological polar surface area (TPSA) is 15.3 Å². The minimum atomic E-state index is 0.951. The van der Waals surface area contributed by atoms with Gasteiger partial charge in [-0.25, -0.2) is 0 Å². The first-order chi connectivity index (χ1) is 9.26. The number of allylic oxidation sites excluding steroid dienone is 2. The molecule has 0 aromatic heterocycles. The van der Waals surface area contributed by atoms with Crippen molar-refractivity contribution in [2.24, 2.45) is 0 Å². The first kappa shape index (κ1) is 12.5. The molecular weight excluding hydrogens is 232 g/mol. The number of nitrogens with zero attached hydrogens (tertiary/aromatic N) is 1. The number of nitrogens with one attached hydrogen (secondary N) is 1. The molecule has 0 amide bonds. The zero-order valence-corrected chi connectivity index (χ0v) is 11.7. The molecule has 0 radical (unpaired) electrons. The number of fused-ring (bicyclic) bond motifs is 1. The van der Waals surface area contributed by atoms with Crippen LogP contribution in [0.5, 0.6) is 0 Å². The van der Waals surface area contributed by atoms with Gasteiger partial charge in [-0.2, -0.15) is 0 Å². The molecule has 0 unspecified atom stereocenters. The average Bonchev–Trinajstić information content (AvgIpc) is 2.57. The fourth-order valence-corrected chi connectivity index (χ4v) is 3.02. The third kappa shape index (κ3) is 2.59. The summed E-state index contributed by atoms with van der Waals surface area (Å²) >= 11 is 0. The highest BCUT2D eigenvalue weighted by Gasteiger charge is 2.20. The van der Waals surface area contributed by atoms with Gasteiger partial charge in [-0.15, -0.1) is 0 Å². The standard InChI is InChI=1S/C17H22N2/c1-13-8-17(9-13)19-7-3-4-15-6-5-14(11-18-2)10-16(15)12-19/h5-6,8,10,18H,1,3-4,7,9,11-12H2,2H3. The molecule has 0 atom stereocenters. The number of hydrogen-bond acceptors (Lipinski definition) is 2. The Bertz CT molecular complexity index is 528. The van der Waals surface area contributed by atoms with Crippen molar-refractivity contribution in [2.75, 3.05) is 13.6 Å². The Labute approximate surface area is 115 Å². The van der Waals surface area contributed by atoms with Crippen molar-refractivity contribution in [2.45, 2.75) is 32.4 Å². The average molecular weight is 254 g/mol. The molecule has 0 bridgehead atoms. The van der Waals surface area contributed by atoms with E-state index >= 15 is 0 Å². The summed E-state index contributed by atoms with van der Waals surface area (Å²) in [5, 5.41) is 3.23. The summed E-state index contributed by atoms with van der Waals surface area (Å²) in [4.78, 5) is 2.53. The number of rotatable bonds is 3. The SMILES string of the molecule is C=C1C=C(N2CCCc3ccc(CNC)cc3C2)C1. The Morgan fingerprint density at radius 1 is 1.32 bits per heavy atom. The summed E-state index contributed by atoms with van der Waals surface area (Å²) in [7, 11) is 2.00. The van der Waals surface area contributed by atoms with Crippen molar-refractivity contribution in [1.29, 1.82) is 0 Å². The minimum Gasteiger partial charge on any atom is -0.370 e. The highest BCUT2D eigenvalue weighted by Crippen LogP contribution is 2.30. The molecule has 2 heteroatoms. The first-order valence-corrected chi connectivity index (χ1v) is 7.15. The summed E-state index contributed by atoms with van der Waals surface area (Å²) in [6.07, 6.45) is 5.77. The Balaban J connectivity index is 1.83. The van der Waals surface area contributed by atoms with Crippen LogP contribution in [0.25, 0.3) is 0 Å². The number of aryl methyl sites for hydroxylation is 1. The molecule has 2 aliphatic rings. The second-order valence-corrected chi connectivity index (χ2v) is 5.63. The Hall–Kier alpha value is -1.54. The zero-order chi connectivity index (χ0) is 13.2. The molecule has 19 heavy (non-hydrogen) atoms. The minimum absolute atomic E-state index is 0.951. The molecule has 1 aromatic carbocycles. The quantitative estimate of drug-likeness (QED) is 0.892. The van der Waals surface area contributed by atoms with Gasteiger partial charge in [-0.05, 0) is 48.2 Å². The van der Waals surface area contributed by atoms with Gasteiger partial charge in [0.2, 0.25) is 0 Å². The lowest BCUT2D eigenvalue weighted by atomic mass is 9.98. The van der Waals surface area contributed by atoms with Crippen LogP contribution in [0.2, 0.25) is 0 Å². The summed E-state index contributed by atoms with van der Waals surface area (Å²) < 4.78 is 0. The monoisotopic (exact) mass is 254 g/mol. The Morgan fingerprint density at radius 3 is 2.89 bits per heavy atom. The van der Waals surface area contributed by atoms with E-state index < -0.39 is 0 Å². The summed E-state index contributed by atoms with van der Waals surface area (Å²) in [5.41, 5.74) is 7.15. The van der Waals surface area contributed by atoms with Crippen LogP contribution in [0.3, 0.4) is 0 Å². The molecule has 1 aliphatic carbocycles. The lowest BCUT2D eigenvalue weighted by Crippen LogP contribution is -2.26. The van der Waals surface area contributed by atoms with Crippen molar-refractivity contribution >= 4 is 0 Å². The normalized spacial score (nSPS) is 18.5. The van der Waals surface area contributed by atoms with Crippen molar-refractivity contribution < 1.29 is 0 Å². The fraction of sp³-hybridized carbons (Fsp3) is 0.412. The van der Waals surface area contributed by atoms with Gasteiger partial charge in [0.15, 0.2) is 0 Å². The van der Waals surface area contributed by atoms with E-state index in [0.29, 0.717) is 0 Å². The van der Waals surface area contributed by atoms with E-state index in [9.17, 15) is 0 Å². The molecule has 0 saturated carbocycles. The predicted molar refractivity (Wildman–Crippen MR) is 79.8 cm³/mol. The first-order valence-electron chi connectivity index (χ1n) is 7.15. The zero-order valence-electron chi connectivity index (χ0n) is 11.7. The highest BCUT2D eigenvalue weighted by atomic mass is 15.1. The highest BCUT2D eigenvalue weighted by molar-refractivity contribution is 5.38. The van der Waals surface area contributed by atoms with E-state index in [1.54, 1.807) is 0 Å². The molecule has 3 rings (SSSR count). The molecule has 100 valence electrons. The molecule has 0 saturated heterocycles. The van der Waals surface area contributed by atoms with E-state index in [2.05, 4.69) is 41.1 Å². The van der Waals surface area contributed by atoms with Crippen LogP contribution >= 0.6 is 0 Å². The van der Waals surface area contributed by atoms with Crippen LogP contribution in [0.4, 0.5) is 0 Å². The molecule has 1 aromatic rings. The maximum Gasteiger partial charge on any atom is 0.0429 e. The number of hydrogen-bond donors (Lipinski definition) is 1. The maximum absolute atomic E-state index is 4.00. The van der Waals surface area contributed by atoms with Gasteiger partial charge in [0.05, 0.1) is 0 Å². The van der Waals surface area contributed by atoms with Crippen LogP contribution in [-0.2, 0) is 19.5 Å². The summed E-state index contributed by atoms with van der Waals surface area (Å²) in [6, 6.07) is 6.95. The molecule has 1 N–H and O–H groups in total.